The van der Waals surface area contributed by atoms with Gasteiger partial charge in [0.15, 0.2) is 11.5 Å². The fourth-order valence-electron chi connectivity index (χ4n) is 1.64. The Morgan fingerprint density at radius 3 is 2.35 bits per heavy atom. The molecule has 0 radical (unpaired) electrons. The van der Waals surface area contributed by atoms with Crippen LogP contribution in [-0.2, 0) is 0 Å². The molecule has 0 N–H and O–H groups in total. The smallest absolute Gasteiger partial charge is 0.163 e. The first-order chi connectivity index (χ1) is 8.24. The molecule has 0 bridgehead atoms. The van der Waals surface area contributed by atoms with E-state index in [1.807, 2.05) is 38.1 Å². The maximum absolute atomic E-state index is 5.56. The van der Waals surface area contributed by atoms with Gasteiger partial charge >= 0.3 is 0 Å². The van der Waals surface area contributed by atoms with Crippen LogP contribution in [0.3, 0.4) is 0 Å². The molecule has 2 aromatic rings. The van der Waals surface area contributed by atoms with Gasteiger partial charge in [0.25, 0.3) is 0 Å². The number of benzene rings is 1. The Morgan fingerprint density at radius 2 is 1.71 bits per heavy atom. The number of pyridine rings is 1. The van der Waals surface area contributed by atoms with E-state index in [0.717, 1.165) is 27.0 Å². The zero-order valence-electron chi connectivity index (χ0n) is 9.87. The van der Waals surface area contributed by atoms with Crippen LogP contribution in [0.1, 0.15) is 13.8 Å². The van der Waals surface area contributed by atoms with Crippen molar-refractivity contribution < 1.29 is 9.47 Å². The summed E-state index contributed by atoms with van der Waals surface area (Å²) in [5.74, 6) is 1.51. The first-order valence-electron chi connectivity index (χ1n) is 5.60. The second-order valence-electron chi connectivity index (χ2n) is 3.49. The van der Waals surface area contributed by atoms with Crippen LogP contribution in [0.4, 0.5) is 0 Å². The summed E-state index contributed by atoms with van der Waals surface area (Å²) in [6, 6.07) is 7.79. The van der Waals surface area contributed by atoms with Crippen LogP contribution in [-0.4, -0.2) is 18.2 Å². The van der Waals surface area contributed by atoms with E-state index in [-0.39, 0.29) is 0 Å². The lowest BCUT2D eigenvalue weighted by Crippen LogP contribution is -1.98. The third-order valence-corrected chi connectivity index (χ3v) is 2.76. The molecule has 0 aliphatic rings. The Kier molecular flexibility index (Phi) is 3.84. The van der Waals surface area contributed by atoms with Gasteiger partial charge in [-0.25, -0.2) is 4.98 Å². The highest BCUT2D eigenvalue weighted by Gasteiger charge is 2.08. The average Bonchev–Trinajstić information content (AvgIpc) is 2.31. The van der Waals surface area contributed by atoms with E-state index in [1.54, 1.807) is 0 Å². The molecule has 1 heterocycles. The number of nitrogens with zero attached hydrogens (tertiary/aromatic N) is 1. The van der Waals surface area contributed by atoms with Crippen molar-refractivity contribution in [2.75, 3.05) is 13.2 Å². The van der Waals surface area contributed by atoms with E-state index in [4.69, 9.17) is 9.47 Å². The second-order valence-corrected chi connectivity index (χ2v) is 4.30. The fraction of sp³-hybridized carbons (Fsp3) is 0.308. The number of rotatable bonds is 4. The summed E-state index contributed by atoms with van der Waals surface area (Å²) in [4.78, 5) is 4.40. The average molecular weight is 296 g/mol. The molecule has 3 nitrogen and oxygen atoms in total. The van der Waals surface area contributed by atoms with Gasteiger partial charge in [-0.1, -0.05) is 0 Å². The largest absolute Gasteiger partial charge is 0.490 e. The lowest BCUT2D eigenvalue weighted by atomic mass is 10.2. The van der Waals surface area contributed by atoms with Gasteiger partial charge in [0, 0.05) is 11.5 Å². The number of hydrogen-bond acceptors (Lipinski definition) is 3. The van der Waals surface area contributed by atoms with Gasteiger partial charge < -0.3 is 9.47 Å². The Bertz CT molecular complexity index is 528. The number of ether oxygens (including phenoxy) is 2. The van der Waals surface area contributed by atoms with Gasteiger partial charge in [-0.3, -0.25) is 0 Å². The number of fused-ring (bicyclic) bond motifs is 1. The summed E-state index contributed by atoms with van der Waals surface area (Å²) in [7, 11) is 0. The molecule has 0 atom stereocenters. The standard InChI is InChI=1S/C13H14BrNO2/c1-3-16-11-7-9-5-6-13(14)15-10(9)8-12(11)17-4-2/h5-8H,3-4H2,1-2H3. The van der Waals surface area contributed by atoms with E-state index < -0.39 is 0 Å². The van der Waals surface area contributed by atoms with E-state index >= 15 is 0 Å². The maximum atomic E-state index is 5.56. The maximum Gasteiger partial charge on any atom is 0.163 e. The van der Waals surface area contributed by atoms with E-state index in [0.29, 0.717) is 13.2 Å². The molecule has 2 rings (SSSR count). The Balaban J connectivity index is 2.55. The van der Waals surface area contributed by atoms with Crippen molar-refractivity contribution in [2.45, 2.75) is 13.8 Å². The van der Waals surface area contributed by atoms with Crippen LogP contribution in [0, 0.1) is 0 Å². The van der Waals surface area contributed by atoms with E-state index in [1.165, 1.54) is 0 Å². The predicted molar refractivity (Wildman–Crippen MR) is 71.8 cm³/mol. The quantitative estimate of drug-likeness (QED) is 0.804. The number of hydrogen-bond donors (Lipinski definition) is 0. The Labute approximate surface area is 109 Å². The van der Waals surface area contributed by atoms with Gasteiger partial charge in [-0.05, 0) is 48.0 Å². The van der Waals surface area contributed by atoms with Crippen LogP contribution in [0.15, 0.2) is 28.9 Å². The van der Waals surface area contributed by atoms with Gasteiger partial charge in [-0.15, -0.1) is 0 Å². The van der Waals surface area contributed by atoms with E-state index in [2.05, 4.69) is 20.9 Å². The highest BCUT2D eigenvalue weighted by Crippen LogP contribution is 2.32. The lowest BCUT2D eigenvalue weighted by Gasteiger charge is -2.11. The molecule has 4 heteroatoms. The molecule has 0 amide bonds. The van der Waals surface area contributed by atoms with Crippen molar-refractivity contribution in [3.63, 3.8) is 0 Å². The van der Waals surface area contributed by atoms with Crippen LogP contribution < -0.4 is 9.47 Å². The molecule has 0 fully saturated rings. The number of halogens is 1. The van der Waals surface area contributed by atoms with Crippen molar-refractivity contribution in [1.29, 1.82) is 0 Å². The zero-order valence-corrected chi connectivity index (χ0v) is 11.5. The van der Waals surface area contributed by atoms with Crippen molar-refractivity contribution in [2.24, 2.45) is 0 Å². The summed E-state index contributed by atoms with van der Waals surface area (Å²) < 4.78 is 11.9. The van der Waals surface area contributed by atoms with Crippen molar-refractivity contribution in [1.82, 2.24) is 4.98 Å². The zero-order chi connectivity index (χ0) is 12.3. The highest BCUT2D eigenvalue weighted by atomic mass is 79.9. The molecule has 1 aromatic carbocycles. The third kappa shape index (κ3) is 2.69. The second kappa shape index (κ2) is 5.36. The molecule has 0 aliphatic heterocycles. The molecule has 0 saturated heterocycles. The molecular formula is C13H14BrNO2. The molecule has 0 spiro atoms. The first-order valence-corrected chi connectivity index (χ1v) is 6.39. The summed E-state index contributed by atoms with van der Waals surface area (Å²) in [6.07, 6.45) is 0. The molecule has 0 aliphatic carbocycles. The van der Waals surface area contributed by atoms with Gasteiger partial charge in [0.2, 0.25) is 0 Å². The normalized spacial score (nSPS) is 10.5. The van der Waals surface area contributed by atoms with E-state index in [9.17, 15) is 0 Å². The molecule has 90 valence electrons. The molecule has 0 unspecified atom stereocenters. The van der Waals surface area contributed by atoms with Gasteiger partial charge in [0.05, 0.1) is 18.7 Å². The topological polar surface area (TPSA) is 31.4 Å². The van der Waals surface area contributed by atoms with Crippen LogP contribution in [0.2, 0.25) is 0 Å². The third-order valence-electron chi connectivity index (χ3n) is 2.32. The minimum Gasteiger partial charge on any atom is -0.490 e. The first kappa shape index (κ1) is 12.2. The van der Waals surface area contributed by atoms with Crippen molar-refractivity contribution in [3.8, 4) is 11.5 Å². The summed E-state index contributed by atoms with van der Waals surface area (Å²) in [5.41, 5.74) is 0.895. The van der Waals surface area contributed by atoms with Crippen molar-refractivity contribution >= 4 is 26.8 Å². The minimum absolute atomic E-state index is 0.611. The molecule has 1 aromatic heterocycles. The van der Waals surface area contributed by atoms with Crippen LogP contribution in [0.25, 0.3) is 10.9 Å². The minimum atomic E-state index is 0.611. The van der Waals surface area contributed by atoms with Crippen molar-refractivity contribution in [3.05, 3.63) is 28.9 Å². The van der Waals surface area contributed by atoms with Gasteiger partial charge in [-0.2, -0.15) is 0 Å². The SMILES string of the molecule is CCOc1cc2ccc(Br)nc2cc1OCC. The lowest BCUT2D eigenvalue weighted by molar-refractivity contribution is 0.288. The molecule has 17 heavy (non-hydrogen) atoms. The monoisotopic (exact) mass is 295 g/mol. The molecular weight excluding hydrogens is 282 g/mol. The highest BCUT2D eigenvalue weighted by molar-refractivity contribution is 9.10. The van der Waals surface area contributed by atoms with Crippen LogP contribution in [0.5, 0.6) is 11.5 Å². The predicted octanol–water partition coefficient (Wildman–Crippen LogP) is 3.79. The molecule has 0 saturated carbocycles. The van der Waals surface area contributed by atoms with Gasteiger partial charge in [0.1, 0.15) is 4.60 Å². The summed E-state index contributed by atoms with van der Waals surface area (Å²) in [6.45, 7) is 5.14. The number of aromatic nitrogens is 1. The summed E-state index contributed by atoms with van der Waals surface area (Å²) >= 11 is 3.36. The summed E-state index contributed by atoms with van der Waals surface area (Å²) in [5, 5.41) is 1.04. The Hall–Kier alpha value is -1.29. The fourth-order valence-corrected chi connectivity index (χ4v) is 1.97. The Morgan fingerprint density at radius 1 is 1.06 bits per heavy atom. The van der Waals surface area contributed by atoms with Crippen LogP contribution >= 0.6 is 15.9 Å².